The molecule has 0 amide bonds. The minimum atomic E-state index is -0.440. The molecule has 0 spiro atoms. The number of nitrogens with one attached hydrogen (secondary N) is 1. The number of ether oxygens (including phenoxy) is 1. The lowest BCUT2D eigenvalue weighted by Gasteiger charge is -2.09. The standard InChI is InChI=1S/C13H16N4O2S/c1-3-19-13(18)9-4-12(15-5-10(9)14)16-6-11-8(2)17-7-20-11/h4-5,7H,3,6,14H2,1-2H3,(H,15,16). The van der Waals surface area contributed by atoms with Crippen molar-refractivity contribution in [3.05, 3.63) is 33.9 Å². The Balaban J connectivity index is 2.11. The monoisotopic (exact) mass is 292 g/mol. The van der Waals surface area contributed by atoms with Crippen molar-refractivity contribution in [2.45, 2.75) is 20.4 Å². The summed E-state index contributed by atoms with van der Waals surface area (Å²) in [5.41, 5.74) is 9.16. The van der Waals surface area contributed by atoms with E-state index >= 15 is 0 Å². The van der Waals surface area contributed by atoms with E-state index in [9.17, 15) is 4.79 Å². The van der Waals surface area contributed by atoms with Crippen molar-refractivity contribution in [1.29, 1.82) is 0 Å². The number of carbonyl (C=O) groups is 1. The average Bonchev–Trinajstić information content (AvgIpc) is 2.83. The molecule has 0 aliphatic rings. The number of aryl methyl sites for hydroxylation is 1. The summed E-state index contributed by atoms with van der Waals surface area (Å²) < 4.78 is 4.95. The van der Waals surface area contributed by atoms with Crippen molar-refractivity contribution in [2.75, 3.05) is 17.7 Å². The van der Waals surface area contributed by atoms with Crippen molar-refractivity contribution < 1.29 is 9.53 Å². The molecule has 0 radical (unpaired) electrons. The molecule has 0 aliphatic heterocycles. The summed E-state index contributed by atoms with van der Waals surface area (Å²) in [4.78, 5) is 21.2. The number of nitrogen functional groups attached to an aromatic ring is 1. The lowest BCUT2D eigenvalue weighted by atomic mass is 10.2. The number of carbonyl (C=O) groups excluding carboxylic acids is 1. The van der Waals surface area contributed by atoms with Gasteiger partial charge in [0.1, 0.15) is 5.82 Å². The maximum atomic E-state index is 11.7. The first kappa shape index (κ1) is 14.3. The first-order valence-corrected chi connectivity index (χ1v) is 7.05. The van der Waals surface area contributed by atoms with Crippen molar-refractivity contribution in [3.63, 3.8) is 0 Å². The molecule has 0 bridgehead atoms. The van der Waals surface area contributed by atoms with Gasteiger partial charge in [0.2, 0.25) is 0 Å². The second-order valence-electron chi connectivity index (χ2n) is 4.09. The molecule has 6 nitrogen and oxygen atoms in total. The Bertz CT molecular complexity index is 612. The first-order chi connectivity index (χ1) is 9.61. The van der Waals surface area contributed by atoms with Gasteiger partial charge in [0, 0.05) is 4.88 Å². The van der Waals surface area contributed by atoms with Crippen LogP contribution in [0, 0.1) is 6.92 Å². The topological polar surface area (TPSA) is 90.1 Å². The Morgan fingerprint density at radius 1 is 1.50 bits per heavy atom. The maximum absolute atomic E-state index is 11.7. The molecular weight excluding hydrogens is 276 g/mol. The van der Waals surface area contributed by atoms with Crippen LogP contribution in [0.15, 0.2) is 17.8 Å². The van der Waals surface area contributed by atoms with Gasteiger partial charge in [-0.05, 0) is 19.9 Å². The van der Waals surface area contributed by atoms with Gasteiger partial charge in [0.05, 0.1) is 41.8 Å². The molecule has 0 aromatic carbocycles. The van der Waals surface area contributed by atoms with E-state index in [1.54, 1.807) is 29.8 Å². The third-order valence-corrected chi connectivity index (χ3v) is 3.64. The Kier molecular flexibility index (Phi) is 4.52. The van der Waals surface area contributed by atoms with Crippen molar-refractivity contribution in [1.82, 2.24) is 9.97 Å². The lowest BCUT2D eigenvalue weighted by Crippen LogP contribution is -2.10. The molecule has 0 atom stereocenters. The molecule has 7 heteroatoms. The number of thiazole rings is 1. The number of rotatable bonds is 5. The molecule has 2 aromatic rings. The fourth-order valence-corrected chi connectivity index (χ4v) is 2.33. The Morgan fingerprint density at radius 3 is 2.95 bits per heavy atom. The molecule has 0 unspecified atom stereocenters. The van der Waals surface area contributed by atoms with Crippen LogP contribution < -0.4 is 11.1 Å². The fourth-order valence-electron chi connectivity index (χ4n) is 1.61. The number of pyridine rings is 1. The van der Waals surface area contributed by atoms with E-state index in [0.717, 1.165) is 10.6 Å². The lowest BCUT2D eigenvalue weighted by molar-refractivity contribution is 0.0527. The molecule has 2 aromatic heterocycles. The second kappa shape index (κ2) is 6.33. The number of nitrogens with zero attached hydrogens (tertiary/aromatic N) is 2. The molecule has 0 aliphatic carbocycles. The van der Waals surface area contributed by atoms with Gasteiger partial charge in [-0.1, -0.05) is 0 Å². The average molecular weight is 292 g/mol. The van der Waals surface area contributed by atoms with Crippen LogP contribution >= 0.6 is 11.3 Å². The summed E-state index contributed by atoms with van der Waals surface area (Å²) in [5.74, 6) is 0.138. The minimum absolute atomic E-state index is 0.308. The quantitative estimate of drug-likeness (QED) is 0.821. The molecule has 0 fully saturated rings. The van der Waals surface area contributed by atoms with Gasteiger partial charge in [0.15, 0.2) is 0 Å². The number of aromatic nitrogens is 2. The van der Waals surface area contributed by atoms with Gasteiger partial charge < -0.3 is 15.8 Å². The molecule has 2 heterocycles. The Morgan fingerprint density at radius 2 is 2.30 bits per heavy atom. The van der Waals surface area contributed by atoms with Crippen molar-refractivity contribution in [2.24, 2.45) is 0 Å². The highest BCUT2D eigenvalue weighted by Crippen LogP contribution is 2.18. The third kappa shape index (κ3) is 3.24. The highest BCUT2D eigenvalue weighted by atomic mass is 32.1. The summed E-state index contributed by atoms with van der Waals surface area (Å²) in [6, 6.07) is 1.60. The molecule has 20 heavy (non-hydrogen) atoms. The van der Waals surface area contributed by atoms with Crippen LogP contribution in [-0.4, -0.2) is 22.5 Å². The zero-order chi connectivity index (χ0) is 14.5. The molecule has 0 saturated carbocycles. The Hall–Kier alpha value is -2.15. The highest BCUT2D eigenvalue weighted by Gasteiger charge is 2.12. The predicted molar refractivity (Wildman–Crippen MR) is 78.8 cm³/mol. The normalized spacial score (nSPS) is 10.3. The van der Waals surface area contributed by atoms with Crippen LogP contribution in [0.5, 0.6) is 0 Å². The van der Waals surface area contributed by atoms with Gasteiger partial charge in [-0.25, -0.2) is 14.8 Å². The van der Waals surface area contributed by atoms with Gasteiger partial charge in [-0.3, -0.25) is 0 Å². The van der Waals surface area contributed by atoms with Crippen LogP contribution in [0.1, 0.15) is 27.9 Å². The van der Waals surface area contributed by atoms with Crippen LogP contribution in [0.4, 0.5) is 11.5 Å². The third-order valence-electron chi connectivity index (χ3n) is 2.71. The van der Waals surface area contributed by atoms with Crippen LogP contribution in [-0.2, 0) is 11.3 Å². The van der Waals surface area contributed by atoms with E-state index in [2.05, 4.69) is 15.3 Å². The first-order valence-electron chi connectivity index (χ1n) is 6.17. The van der Waals surface area contributed by atoms with Crippen LogP contribution in [0.2, 0.25) is 0 Å². The molecule has 2 rings (SSSR count). The van der Waals surface area contributed by atoms with E-state index in [1.807, 2.05) is 6.92 Å². The van der Waals surface area contributed by atoms with E-state index < -0.39 is 5.97 Å². The highest BCUT2D eigenvalue weighted by molar-refractivity contribution is 7.09. The Labute approximate surface area is 121 Å². The summed E-state index contributed by atoms with van der Waals surface area (Å²) in [7, 11) is 0. The fraction of sp³-hybridized carbons (Fsp3) is 0.308. The number of anilines is 2. The zero-order valence-electron chi connectivity index (χ0n) is 11.3. The summed E-state index contributed by atoms with van der Waals surface area (Å²) >= 11 is 1.57. The second-order valence-corrected chi connectivity index (χ2v) is 5.03. The van der Waals surface area contributed by atoms with Crippen LogP contribution in [0.3, 0.4) is 0 Å². The zero-order valence-corrected chi connectivity index (χ0v) is 12.2. The number of nitrogens with two attached hydrogens (primary N) is 1. The number of hydrogen-bond acceptors (Lipinski definition) is 7. The molecule has 106 valence electrons. The van der Waals surface area contributed by atoms with Gasteiger partial charge in [0.25, 0.3) is 0 Å². The van der Waals surface area contributed by atoms with E-state index in [0.29, 0.717) is 30.2 Å². The van der Waals surface area contributed by atoms with Gasteiger partial charge in [-0.15, -0.1) is 11.3 Å². The number of hydrogen-bond donors (Lipinski definition) is 2. The van der Waals surface area contributed by atoms with Gasteiger partial charge >= 0.3 is 5.97 Å². The summed E-state index contributed by atoms with van der Waals surface area (Å²) in [6.07, 6.45) is 1.45. The van der Waals surface area contributed by atoms with E-state index in [4.69, 9.17) is 10.5 Å². The summed E-state index contributed by atoms with van der Waals surface area (Å²) in [6.45, 7) is 4.62. The summed E-state index contributed by atoms with van der Waals surface area (Å²) in [5, 5.41) is 3.15. The van der Waals surface area contributed by atoms with Crippen molar-refractivity contribution in [3.8, 4) is 0 Å². The van der Waals surface area contributed by atoms with Crippen molar-refractivity contribution >= 4 is 28.8 Å². The van der Waals surface area contributed by atoms with E-state index in [-0.39, 0.29) is 0 Å². The SMILES string of the molecule is CCOC(=O)c1cc(NCc2scnc2C)ncc1N. The maximum Gasteiger partial charge on any atom is 0.340 e. The number of esters is 1. The largest absolute Gasteiger partial charge is 0.462 e. The smallest absolute Gasteiger partial charge is 0.340 e. The van der Waals surface area contributed by atoms with E-state index in [1.165, 1.54) is 6.20 Å². The molecular formula is C13H16N4O2S. The van der Waals surface area contributed by atoms with Crippen LogP contribution in [0.25, 0.3) is 0 Å². The van der Waals surface area contributed by atoms with Gasteiger partial charge in [-0.2, -0.15) is 0 Å². The molecule has 0 saturated heterocycles. The predicted octanol–water partition coefficient (Wildman–Crippen LogP) is 2.22. The molecule has 3 N–H and O–H groups in total. The minimum Gasteiger partial charge on any atom is -0.462 e.